The van der Waals surface area contributed by atoms with Crippen molar-refractivity contribution in [2.45, 2.75) is 26.8 Å². The SMILES string of the molecule is Cc1nn(CC(=O)N2CCC(C(=O)O)C2)c(C)c1[N+](=O)[O-]. The first kappa shape index (κ1) is 14.9. The maximum absolute atomic E-state index is 12.1. The van der Waals surface area contributed by atoms with E-state index in [0.717, 1.165) is 0 Å². The van der Waals surface area contributed by atoms with E-state index < -0.39 is 16.8 Å². The number of carboxylic acids is 1. The van der Waals surface area contributed by atoms with E-state index in [-0.39, 0.29) is 30.4 Å². The summed E-state index contributed by atoms with van der Waals surface area (Å²) >= 11 is 0. The Balaban J connectivity index is 2.09. The summed E-state index contributed by atoms with van der Waals surface area (Å²) in [4.78, 5) is 34.9. The summed E-state index contributed by atoms with van der Waals surface area (Å²) in [5.74, 6) is -1.73. The van der Waals surface area contributed by atoms with Crippen LogP contribution in [0.3, 0.4) is 0 Å². The monoisotopic (exact) mass is 296 g/mol. The van der Waals surface area contributed by atoms with Crippen molar-refractivity contribution in [1.29, 1.82) is 0 Å². The highest BCUT2D eigenvalue weighted by Crippen LogP contribution is 2.22. The topological polar surface area (TPSA) is 119 Å². The highest BCUT2D eigenvalue weighted by Gasteiger charge is 2.31. The Bertz CT molecular complexity index is 609. The van der Waals surface area contributed by atoms with Gasteiger partial charge in [-0.15, -0.1) is 0 Å². The standard InChI is InChI=1S/C12H16N4O5/c1-7-11(16(20)21)8(2)15(13-7)6-10(17)14-4-3-9(5-14)12(18)19/h9H,3-6H2,1-2H3,(H,18,19). The highest BCUT2D eigenvalue weighted by atomic mass is 16.6. The summed E-state index contributed by atoms with van der Waals surface area (Å²) in [6.07, 6.45) is 0.429. The van der Waals surface area contributed by atoms with Crippen LogP contribution in [0.2, 0.25) is 0 Å². The molecule has 1 aromatic heterocycles. The van der Waals surface area contributed by atoms with Crippen molar-refractivity contribution >= 4 is 17.6 Å². The molecule has 1 N–H and O–H groups in total. The van der Waals surface area contributed by atoms with Crippen LogP contribution in [0.5, 0.6) is 0 Å². The molecule has 0 aliphatic carbocycles. The van der Waals surface area contributed by atoms with E-state index in [1.807, 2.05) is 0 Å². The second-order valence-corrected chi connectivity index (χ2v) is 5.10. The Morgan fingerprint density at radius 1 is 1.48 bits per heavy atom. The summed E-state index contributed by atoms with van der Waals surface area (Å²) in [7, 11) is 0. The Labute approximate surface area is 120 Å². The van der Waals surface area contributed by atoms with Gasteiger partial charge in [0.15, 0.2) is 0 Å². The van der Waals surface area contributed by atoms with E-state index in [2.05, 4.69) is 5.10 Å². The zero-order valence-electron chi connectivity index (χ0n) is 11.8. The van der Waals surface area contributed by atoms with Gasteiger partial charge in [0.05, 0.1) is 10.8 Å². The van der Waals surface area contributed by atoms with Gasteiger partial charge in [-0.25, -0.2) is 0 Å². The first-order valence-electron chi connectivity index (χ1n) is 6.50. The fraction of sp³-hybridized carbons (Fsp3) is 0.583. The Morgan fingerprint density at radius 3 is 2.62 bits per heavy atom. The largest absolute Gasteiger partial charge is 0.481 e. The van der Waals surface area contributed by atoms with Gasteiger partial charge in [0, 0.05) is 13.1 Å². The predicted octanol–water partition coefficient (Wildman–Crippen LogP) is 0.341. The van der Waals surface area contributed by atoms with Crippen LogP contribution in [0.1, 0.15) is 17.8 Å². The molecular formula is C12H16N4O5. The van der Waals surface area contributed by atoms with E-state index >= 15 is 0 Å². The van der Waals surface area contributed by atoms with Crippen molar-refractivity contribution in [2.75, 3.05) is 13.1 Å². The van der Waals surface area contributed by atoms with Gasteiger partial charge < -0.3 is 10.0 Å². The third-order valence-electron chi connectivity index (χ3n) is 3.70. The first-order chi connectivity index (χ1) is 9.81. The van der Waals surface area contributed by atoms with Crippen molar-refractivity contribution in [2.24, 2.45) is 5.92 Å². The van der Waals surface area contributed by atoms with E-state index in [1.54, 1.807) is 0 Å². The molecule has 1 fully saturated rings. The molecule has 0 spiro atoms. The number of carbonyl (C=O) groups excluding carboxylic acids is 1. The number of carbonyl (C=O) groups is 2. The molecule has 1 aliphatic rings. The number of carboxylic acid groups (broad SMARTS) is 1. The molecule has 1 aromatic rings. The number of aliphatic carboxylic acids is 1. The number of aromatic nitrogens is 2. The molecule has 0 radical (unpaired) electrons. The van der Waals surface area contributed by atoms with Crippen molar-refractivity contribution in [3.8, 4) is 0 Å². The molecule has 1 atom stereocenters. The van der Waals surface area contributed by atoms with Gasteiger partial charge in [0.1, 0.15) is 17.9 Å². The van der Waals surface area contributed by atoms with E-state index in [9.17, 15) is 19.7 Å². The van der Waals surface area contributed by atoms with Crippen LogP contribution in [0.25, 0.3) is 0 Å². The van der Waals surface area contributed by atoms with Crippen LogP contribution in [0.4, 0.5) is 5.69 Å². The summed E-state index contributed by atoms with van der Waals surface area (Å²) < 4.78 is 1.30. The molecule has 114 valence electrons. The number of nitro groups is 1. The minimum absolute atomic E-state index is 0.0902. The summed E-state index contributed by atoms with van der Waals surface area (Å²) in [5, 5.41) is 23.8. The molecule has 9 heteroatoms. The maximum atomic E-state index is 12.1. The summed E-state index contributed by atoms with van der Waals surface area (Å²) in [6.45, 7) is 3.50. The van der Waals surface area contributed by atoms with Crippen LogP contribution in [-0.4, -0.2) is 49.7 Å². The van der Waals surface area contributed by atoms with Crippen molar-refractivity contribution < 1.29 is 19.6 Å². The zero-order chi connectivity index (χ0) is 15.7. The third-order valence-corrected chi connectivity index (χ3v) is 3.70. The number of aryl methyl sites for hydroxylation is 1. The van der Waals surface area contributed by atoms with Gasteiger partial charge in [0.2, 0.25) is 5.91 Å². The Morgan fingerprint density at radius 2 is 2.14 bits per heavy atom. The molecule has 0 saturated carbocycles. The van der Waals surface area contributed by atoms with Crippen LogP contribution in [0, 0.1) is 29.9 Å². The molecular weight excluding hydrogens is 280 g/mol. The summed E-state index contributed by atoms with van der Waals surface area (Å²) in [5.41, 5.74) is 0.489. The highest BCUT2D eigenvalue weighted by molar-refractivity contribution is 5.78. The van der Waals surface area contributed by atoms with Crippen LogP contribution in [-0.2, 0) is 16.1 Å². The first-order valence-corrected chi connectivity index (χ1v) is 6.50. The van der Waals surface area contributed by atoms with Crippen molar-refractivity contribution in [3.63, 3.8) is 0 Å². The zero-order valence-corrected chi connectivity index (χ0v) is 11.8. The molecule has 0 bridgehead atoms. The minimum Gasteiger partial charge on any atom is -0.481 e. The predicted molar refractivity (Wildman–Crippen MR) is 70.7 cm³/mol. The van der Waals surface area contributed by atoms with E-state index in [1.165, 1.54) is 23.4 Å². The van der Waals surface area contributed by atoms with Gasteiger partial charge in [-0.1, -0.05) is 0 Å². The van der Waals surface area contributed by atoms with E-state index in [0.29, 0.717) is 18.7 Å². The normalized spacial score (nSPS) is 18.0. The van der Waals surface area contributed by atoms with Crippen LogP contribution in [0.15, 0.2) is 0 Å². The van der Waals surface area contributed by atoms with Crippen molar-refractivity contribution in [1.82, 2.24) is 14.7 Å². The number of rotatable bonds is 4. The Kier molecular flexibility index (Phi) is 3.92. The summed E-state index contributed by atoms with van der Waals surface area (Å²) in [6, 6.07) is 0. The van der Waals surface area contributed by atoms with Gasteiger partial charge >= 0.3 is 11.7 Å². The van der Waals surface area contributed by atoms with Gasteiger partial charge in [-0.2, -0.15) is 5.10 Å². The number of hydrogen-bond donors (Lipinski definition) is 1. The van der Waals surface area contributed by atoms with Gasteiger partial charge in [-0.05, 0) is 20.3 Å². The van der Waals surface area contributed by atoms with Gasteiger partial charge in [-0.3, -0.25) is 24.4 Å². The maximum Gasteiger partial charge on any atom is 0.312 e. The second kappa shape index (κ2) is 5.51. The minimum atomic E-state index is -0.910. The number of nitrogens with zero attached hydrogens (tertiary/aromatic N) is 4. The molecule has 1 aliphatic heterocycles. The fourth-order valence-electron chi connectivity index (χ4n) is 2.52. The molecule has 2 heterocycles. The number of likely N-dealkylation sites (tertiary alicyclic amines) is 1. The molecule has 0 aromatic carbocycles. The molecule has 9 nitrogen and oxygen atoms in total. The number of hydrogen-bond acceptors (Lipinski definition) is 5. The van der Waals surface area contributed by atoms with E-state index in [4.69, 9.17) is 5.11 Å². The lowest BCUT2D eigenvalue weighted by Crippen LogP contribution is -2.33. The van der Waals surface area contributed by atoms with Crippen LogP contribution >= 0.6 is 0 Å². The Hall–Kier alpha value is -2.45. The molecule has 1 saturated heterocycles. The quantitative estimate of drug-likeness (QED) is 0.632. The lowest BCUT2D eigenvalue weighted by molar-refractivity contribution is -0.386. The molecule has 2 rings (SSSR count). The molecule has 1 amide bonds. The molecule has 1 unspecified atom stereocenters. The van der Waals surface area contributed by atoms with Crippen molar-refractivity contribution in [3.05, 3.63) is 21.5 Å². The van der Waals surface area contributed by atoms with Gasteiger partial charge in [0.25, 0.3) is 0 Å². The lowest BCUT2D eigenvalue weighted by atomic mass is 10.1. The average molecular weight is 296 g/mol. The third kappa shape index (κ3) is 2.86. The number of amides is 1. The average Bonchev–Trinajstić information content (AvgIpc) is 2.95. The molecule has 21 heavy (non-hydrogen) atoms. The fourth-order valence-corrected chi connectivity index (χ4v) is 2.52. The smallest absolute Gasteiger partial charge is 0.312 e. The second-order valence-electron chi connectivity index (χ2n) is 5.10. The van der Waals surface area contributed by atoms with Crippen LogP contribution < -0.4 is 0 Å². The lowest BCUT2D eigenvalue weighted by Gasteiger charge is -2.16.